The summed E-state index contributed by atoms with van der Waals surface area (Å²) in [5.74, 6) is 1.57. The van der Waals surface area contributed by atoms with E-state index in [0.717, 1.165) is 55.4 Å². The Labute approximate surface area is 128 Å². The van der Waals surface area contributed by atoms with Crippen molar-refractivity contribution in [1.82, 2.24) is 10.3 Å². The first-order chi connectivity index (χ1) is 9.58. The van der Waals surface area contributed by atoms with E-state index in [1.165, 1.54) is 0 Å². The van der Waals surface area contributed by atoms with E-state index in [-0.39, 0.29) is 0 Å². The molecule has 1 aromatic heterocycles. The number of anilines is 1. The SMILES string of the molecule is CCCN(CCC)c1ncc(CNCC(C)C)cc1Cl. The van der Waals surface area contributed by atoms with Crippen molar-refractivity contribution in [3.8, 4) is 0 Å². The van der Waals surface area contributed by atoms with Crippen LogP contribution in [0.15, 0.2) is 12.3 Å². The molecule has 0 fully saturated rings. The summed E-state index contributed by atoms with van der Waals surface area (Å²) in [4.78, 5) is 6.84. The molecule has 0 amide bonds. The summed E-state index contributed by atoms with van der Waals surface area (Å²) in [5.41, 5.74) is 1.15. The van der Waals surface area contributed by atoms with Crippen LogP contribution in [0.25, 0.3) is 0 Å². The van der Waals surface area contributed by atoms with E-state index >= 15 is 0 Å². The highest BCUT2D eigenvalue weighted by atomic mass is 35.5. The standard InChI is InChI=1S/C16H28ClN3/c1-5-7-20(8-6-2)16-15(17)9-14(12-19-16)11-18-10-13(3)4/h9,12-13,18H,5-8,10-11H2,1-4H3. The molecule has 20 heavy (non-hydrogen) atoms. The first-order valence-electron chi connectivity index (χ1n) is 7.68. The number of hydrogen-bond donors (Lipinski definition) is 1. The third kappa shape index (κ3) is 5.68. The van der Waals surface area contributed by atoms with Crippen LogP contribution in [-0.2, 0) is 6.54 Å². The van der Waals surface area contributed by atoms with Crippen molar-refractivity contribution in [3.63, 3.8) is 0 Å². The van der Waals surface area contributed by atoms with Gasteiger partial charge in [0, 0.05) is 25.8 Å². The Morgan fingerprint density at radius 2 is 1.90 bits per heavy atom. The molecule has 0 unspecified atom stereocenters. The highest BCUT2D eigenvalue weighted by Gasteiger charge is 2.11. The summed E-state index contributed by atoms with van der Waals surface area (Å²) in [6.45, 7) is 12.6. The molecule has 114 valence electrons. The van der Waals surface area contributed by atoms with E-state index in [4.69, 9.17) is 11.6 Å². The van der Waals surface area contributed by atoms with Crippen molar-refractivity contribution in [2.24, 2.45) is 5.92 Å². The van der Waals surface area contributed by atoms with Gasteiger partial charge >= 0.3 is 0 Å². The Morgan fingerprint density at radius 1 is 1.25 bits per heavy atom. The van der Waals surface area contributed by atoms with Crippen molar-refractivity contribution < 1.29 is 0 Å². The number of hydrogen-bond acceptors (Lipinski definition) is 3. The third-order valence-corrected chi connectivity index (χ3v) is 3.32. The highest BCUT2D eigenvalue weighted by molar-refractivity contribution is 6.33. The Morgan fingerprint density at radius 3 is 2.40 bits per heavy atom. The molecule has 0 saturated heterocycles. The summed E-state index contributed by atoms with van der Waals surface area (Å²) in [6, 6.07) is 2.04. The van der Waals surface area contributed by atoms with Gasteiger partial charge in [0.1, 0.15) is 5.82 Å². The van der Waals surface area contributed by atoms with Crippen molar-refractivity contribution in [1.29, 1.82) is 0 Å². The van der Waals surface area contributed by atoms with Gasteiger partial charge in [0.25, 0.3) is 0 Å². The Bertz CT molecular complexity index is 387. The molecule has 0 spiro atoms. The molecule has 1 aromatic rings. The smallest absolute Gasteiger partial charge is 0.147 e. The lowest BCUT2D eigenvalue weighted by Gasteiger charge is -2.23. The third-order valence-electron chi connectivity index (χ3n) is 3.05. The average molecular weight is 298 g/mol. The van der Waals surface area contributed by atoms with Crippen LogP contribution in [0.4, 0.5) is 5.82 Å². The first-order valence-corrected chi connectivity index (χ1v) is 8.06. The Balaban J connectivity index is 2.70. The molecule has 0 aliphatic carbocycles. The van der Waals surface area contributed by atoms with Gasteiger partial charge in [-0.05, 0) is 36.9 Å². The quantitative estimate of drug-likeness (QED) is 0.743. The zero-order valence-corrected chi connectivity index (χ0v) is 14.0. The summed E-state index contributed by atoms with van der Waals surface area (Å²) in [6.07, 6.45) is 4.15. The highest BCUT2D eigenvalue weighted by Crippen LogP contribution is 2.24. The van der Waals surface area contributed by atoms with E-state index in [2.05, 4.69) is 42.9 Å². The van der Waals surface area contributed by atoms with Crippen LogP contribution in [-0.4, -0.2) is 24.6 Å². The van der Waals surface area contributed by atoms with E-state index in [9.17, 15) is 0 Å². The molecule has 0 radical (unpaired) electrons. The van der Waals surface area contributed by atoms with Crippen LogP contribution in [0.1, 0.15) is 46.1 Å². The normalized spacial score (nSPS) is 11.1. The van der Waals surface area contributed by atoms with Crippen LogP contribution in [0.3, 0.4) is 0 Å². The number of nitrogens with one attached hydrogen (secondary N) is 1. The lowest BCUT2D eigenvalue weighted by Crippen LogP contribution is -2.26. The maximum atomic E-state index is 6.41. The monoisotopic (exact) mass is 297 g/mol. The van der Waals surface area contributed by atoms with E-state index in [1.807, 2.05) is 12.3 Å². The fraction of sp³-hybridized carbons (Fsp3) is 0.688. The Hall–Kier alpha value is -0.800. The number of nitrogens with zero attached hydrogens (tertiary/aromatic N) is 2. The first kappa shape index (κ1) is 17.3. The van der Waals surface area contributed by atoms with Crippen molar-refractivity contribution in [3.05, 3.63) is 22.8 Å². The molecule has 1 rings (SSSR count). The lowest BCUT2D eigenvalue weighted by atomic mass is 10.2. The number of halogens is 1. The maximum absolute atomic E-state index is 6.41. The van der Waals surface area contributed by atoms with Crippen molar-refractivity contribution in [2.45, 2.75) is 47.1 Å². The fourth-order valence-electron chi connectivity index (χ4n) is 2.17. The van der Waals surface area contributed by atoms with Crippen LogP contribution in [0.2, 0.25) is 5.02 Å². The van der Waals surface area contributed by atoms with Crippen LogP contribution < -0.4 is 10.2 Å². The van der Waals surface area contributed by atoms with Gasteiger partial charge in [0.15, 0.2) is 0 Å². The molecule has 4 heteroatoms. The zero-order chi connectivity index (χ0) is 15.0. The summed E-state index contributed by atoms with van der Waals surface area (Å²) in [5, 5.41) is 4.18. The van der Waals surface area contributed by atoms with E-state index in [0.29, 0.717) is 5.92 Å². The van der Waals surface area contributed by atoms with Gasteiger partial charge in [-0.1, -0.05) is 39.3 Å². The minimum atomic E-state index is 0.655. The van der Waals surface area contributed by atoms with Crippen LogP contribution in [0, 0.1) is 5.92 Å². The van der Waals surface area contributed by atoms with E-state index in [1.54, 1.807) is 0 Å². The van der Waals surface area contributed by atoms with Gasteiger partial charge < -0.3 is 10.2 Å². The van der Waals surface area contributed by atoms with Gasteiger partial charge in [0.05, 0.1) is 5.02 Å². The van der Waals surface area contributed by atoms with Gasteiger partial charge in [-0.15, -0.1) is 0 Å². The number of aromatic nitrogens is 1. The topological polar surface area (TPSA) is 28.2 Å². The zero-order valence-electron chi connectivity index (χ0n) is 13.2. The fourth-order valence-corrected chi connectivity index (χ4v) is 2.48. The molecular formula is C16H28ClN3. The minimum absolute atomic E-state index is 0.655. The Kier molecular flexibility index (Phi) is 7.93. The molecule has 1 heterocycles. The molecule has 0 aliphatic heterocycles. The predicted octanol–water partition coefficient (Wildman–Crippen LogP) is 4.11. The van der Waals surface area contributed by atoms with Gasteiger partial charge in [0.2, 0.25) is 0 Å². The lowest BCUT2D eigenvalue weighted by molar-refractivity contribution is 0.552. The molecule has 0 aromatic carbocycles. The molecule has 0 saturated carbocycles. The molecule has 0 aliphatic rings. The largest absolute Gasteiger partial charge is 0.355 e. The summed E-state index contributed by atoms with van der Waals surface area (Å²) >= 11 is 6.41. The molecule has 0 atom stereocenters. The van der Waals surface area contributed by atoms with Crippen LogP contribution in [0.5, 0.6) is 0 Å². The predicted molar refractivity (Wildman–Crippen MR) is 88.6 cm³/mol. The van der Waals surface area contributed by atoms with Crippen LogP contribution >= 0.6 is 11.6 Å². The maximum Gasteiger partial charge on any atom is 0.147 e. The van der Waals surface area contributed by atoms with Gasteiger partial charge in [-0.25, -0.2) is 4.98 Å². The molecule has 1 N–H and O–H groups in total. The molecule has 0 bridgehead atoms. The molecule has 3 nitrogen and oxygen atoms in total. The number of pyridine rings is 1. The second kappa shape index (κ2) is 9.19. The summed E-state index contributed by atoms with van der Waals surface area (Å²) in [7, 11) is 0. The number of rotatable bonds is 9. The van der Waals surface area contributed by atoms with Crippen molar-refractivity contribution >= 4 is 17.4 Å². The molecular weight excluding hydrogens is 270 g/mol. The summed E-state index contributed by atoms with van der Waals surface area (Å²) < 4.78 is 0. The van der Waals surface area contributed by atoms with Gasteiger partial charge in [-0.3, -0.25) is 0 Å². The minimum Gasteiger partial charge on any atom is -0.355 e. The van der Waals surface area contributed by atoms with Crippen molar-refractivity contribution in [2.75, 3.05) is 24.5 Å². The second-order valence-electron chi connectivity index (χ2n) is 5.66. The van der Waals surface area contributed by atoms with E-state index < -0.39 is 0 Å². The van der Waals surface area contributed by atoms with Gasteiger partial charge in [-0.2, -0.15) is 0 Å². The average Bonchev–Trinajstić information content (AvgIpc) is 2.38. The second-order valence-corrected chi connectivity index (χ2v) is 6.07.